The molecular weight excluding hydrogens is 234 g/mol. The summed E-state index contributed by atoms with van der Waals surface area (Å²) in [6.07, 6.45) is 5.75. The van der Waals surface area contributed by atoms with Gasteiger partial charge in [-0.05, 0) is 29.1 Å². The van der Waals surface area contributed by atoms with Crippen LogP contribution < -0.4 is 10.6 Å². The highest BCUT2D eigenvalue weighted by Crippen LogP contribution is 2.22. The fourth-order valence-electron chi connectivity index (χ4n) is 2.50. The molecule has 19 heavy (non-hydrogen) atoms. The molecule has 3 aromatic carbocycles. The van der Waals surface area contributed by atoms with Gasteiger partial charge in [0.15, 0.2) is 5.43 Å². The highest BCUT2D eigenvalue weighted by atomic mass is 16.1. The van der Waals surface area contributed by atoms with Crippen LogP contribution in [-0.4, -0.2) is 19.0 Å². The van der Waals surface area contributed by atoms with Crippen molar-refractivity contribution in [3.05, 3.63) is 64.1 Å². The number of hydrogen-bond acceptors (Lipinski definition) is 2. The smallest absolute Gasteiger partial charge is 0.194 e. The Balaban J connectivity index is 2.40. The molecule has 2 heteroatoms. The van der Waals surface area contributed by atoms with Gasteiger partial charge in [0, 0.05) is 30.1 Å². The molecule has 0 N–H and O–H groups in total. The van der Waals surface area contributed by atoms with E-state index < -0.39 is 0 Å². The van der Waals surface area contributed by atoms with Crippen molar-refractivity contribution < 1.29 is 0 Å². The van der Waals surface area contributed by atoms with Crippen LogP contribution in [0.3, 0.4) is 0 Å². The zero-order valence-electron chi connectivity index (χ0n) is 11.1. The fourth-order valence-corrected chi connectivity index (χ4v) is 2.50. The summed E-state index contributed by atoms with van der Waals surface area (Å²) in [5, 5.41) is 4.85. The Kier molecular flexibility index (Phi) is 2.71. The topological polar surface area (TPSA) is 20.3 Å². The van der Waals surface area contributed by atoms with Crippen molar-refractivity contribution in [1.29, 1.82) is 0 Å². The fraction of sp³-hybridized carbons (Fsp3) is 0.118. The van der Waals surface area contributed by atoms with Crippen molar-refractivity contribution >= 4 is 27.6 Å². The third kappa shape index (κ3) is 1.85. The molecule has 0 saturated heterocycles. The highest BCUT2D eigenvalue weighted by Gasteiger charge is 2.09. The lowest BCUT2D eigenvalue weighted by Crippen LogP contribution is -2.18. The lowest BCUT2D eigenvalue weighted by atomic mass is 10.1. The molecular formula is C17H15NO. The van der Waals surface area contributed by atoms with Gasteiger partial charge >= 0.3 is 0 Å². The van der Waals surface area contributed by atoms with Gasteiger partial charge in [-0.15, -0.1) is 0 Å². The average Bonchev–Trinajstić information content (AvgIpc) is 2.67. The zero-order chi connectivity index (χ0) is 13.4. The largest absolute Gasteiger partial charge is 0.383 e. The summed E-state index contributed by atoms with van der Waals surface area (Å²) >= 11 is 0. The quantitative estimate of drug-likeness (QED) is 0.695. The van der Waals surface area contributed by atoms with E-state index in [9.17, 15) is 4.79 Å². The number of rotatable bonds is 2. The van der Waals surface area contributed by atoms with Gasteiger partial charge in [0.1, 0.15) is 0 Å². The second-order valence-electron chi connectivity index (χ2n) is 4.92. The molecule has 0 fully saturated rings. The summed E-state index contributed by atoms with van der Waals surface area (Å²) in [5.74, 6) is 0. The van der Waals surface area contributed by atoms with Gasteiger partial charge in [-0.1, -0.05) is 36.4 Å². The molecule has 3 aromatic rings. The van der Waals surface area contributed by atoms with Crippen LogP contribution in [0.5, 0.6) is 0 Å². The van der Waals surface area contributed by atoms with Gasteiger partial charge in [-0.2, -0.15) is 0 Å². The molecule has 0 aliphatic heterocycles. The van der Waals surface area contributed by atoms with Crippen LogP contribution in [0, 0.1) is 0 Å². The first kappa shape index (κ1) is 11.7. The maximum Gasteiger partial charge on any atom is 0.194 e. The van der Waals surface area contributed by atoms with Crippen LogP contribution in [0.25, 0.3) is 27.6 Å². The minimum atomic E-state index is 0.121. The standard InChI is InChI=1S/C17H15NO/c1-18(2)11-5-10-14-13-8-3-6-12-7-4-9-15(16(12)13)17(14)19/h3-11H,1-2H3/b11-5+,14-10+. The van der Waals surface area contributed by atoms with E-state index in [4.69, 9.17) is 0 Å². The molecule has 0 saturated carbocycles. The summed E-state index contributed by atoms with van der Waals surface area (Å²) in [7, 11) is 3.92. The molecule has 2 nitrogen and oxygen atoms in total. The lowest BCUT2D eigenvalue weighted by Gasteiger charge is -2.00. The predicted octanol–water partition coefficient (Wildman–Crippen LogP) is 2.37. The molecule has 0 bridgehead atoms. The Morgan fingerprint density at radius 3 is 2.37 bits per heavy atom. The van der Waals surface area contributed by atoms with Crippen LogP contribution in [0.4, 0.5) is 0 Å². The maximum atomic E-state index is 12.4. The van der Waals surface area contributed by atoms with Crippen molar-refractivity contribution in [2.24, 2.45) is 0 Å². The molecule has 0 spiro atoms. The number of benzene rings is 2. The Hall–Kier alpha value is -2.35. The van der Waals surface area contributed by atoms with Crippen LogP contribution in [0.15, 0.2) is 53.5 Å². The molecule has 0 amide bonds. The van der Waals surface area contributed by atoms with E-state index >= 15 is 0 Å². The Morgan fingerprint density at radius 1 is 1.00 bits per heavy atom. The lowest BCUT2D eigenvalue weighted by molar-refractivity contribution is 0.564. The monoisotopic (exact) mass is 249 g/mol. The van der Waals surface area contributed by atoms with Crippen LogP contribution >= 0.6 is 0 Å². The summed E-state index contributed by atoms with van der Waals surface area (Å²) in [4.78, 5) is 14.4. The highest BCUT2D eigenvalue weighted by molar-refractivity contribution is 6.11. The van der Waals surface area contributed by atoms with Crippen molar-refractivity contribution in [3.8, 4) is 0 Å². The van der Waals surface area contributed by atoms with Gasteiger partial charge in [-0.3, -0.25) is 4.79 Å². The summed E-state index contributed by atoms with van der Waals surface area (Å²) in [6.45, 7) is 0. The van der Waals surface area contributed by atoms with E-state index in [0.29, 0.717) is 0 Å². The van der Waals surface area contributed by atoms with Crippen LogP contribution in [-0.2, 0) is 0 Å². The summed E-state index contributed by atoms with van der Waals surface area (Å²) in [6, 6.07) is 12.0. The van der Waals surface area contributed by atoms with Crippen molar-refractivity contribution in [1.82, 2.24) is 4.90 Å². The van der Waals surface area contributed by atoms with E-state index in [1.165, 1.54) is 0 Å². The second kappa shape index (κ2) is 4.39. The first-order chi connectivity index (χ1) is 9.18. The molecule has 0 aromatic heterocycles. The molecule has 0 radical (unpaired) electrons. The molecule has 0 aliphatic rings. The van der Waals surface area contributed by atoms with E-state index in [-0.39, 0.29) is 5.43 Å². The minimum Gasteiger partial charge on any atom is -0.383 e. The van der Waals surface area contributed by atoms with E-state index in [0.717, 1.165) is 26.8 Å². The molecule has 0 unspecified atom stereocenters. The SMILES string of the molecule is CN(C)/C=C/C=c1/c(=O)c2cccc3cccc1c32. The Morgan fingerprint density at radius 2 is 1.68 bits per heavy atom. The van der Waals surface area contributed by atoms with Crippen molar-refractivity contribution in [3.63, 3.8) is 0 Å². The minimum absolute atomic E-state index is 0.121. The normalized spacial score (nSPS) is 13.1. The molecule has 0 aliphatic carbocycles. The molecule has 0 heterocycles. The van der Waals surface area contributed by atoms with Crippen LogP contribution in [0.2, 0.25) is 0 Å². The molecule has 3 rings (SSSR count). The van der Waals surface area contributed by atoms with Gasteiger partial charge in [0.2, 0.25) is 0 Å². The van der Waals surface area contributed by atoms with E-state index in [1.807, 2.05) is 73.7 Å². The first-order valence-corrected chi connectivity index (χ1v) is 6.30. The number of allylic oxidation sites excluding steroid dienone is 1. The van der Waals surface area contributed by atoms with E-state index in [1.54, 1.807) is 0 Å². The van der Waals surface area contributed by atoms with Crippen LogP contribution in [0.1, 0.15) is 0 Å². The van der Waals surface area contributed by atoms with Crippen molar-refractivity contribution in [2.75, 3.05) is 14.1 Å². The van der Waals surface area contributed by atoms with Gasteiger partial charge in [0.25, 0.3) is 0 Å². The molecule has 0 atom stereocenters. The first-order valence-electron chi connectivity index (χ1n) is 6.30. The third-order valence-corrected chi connectivity index (χ3v) is 3.33. The second-order valence-corrected chi connectivity index (χ2v) is 4.92. The maximum absolute atomic E-state index is 12.4. The third-order valence-electron chi connectivity index (χ3n) is 3.33. The van der Waals surface area contributed by atoms with Crippen molar-refractivity contribution in [2.45, 2.75) is 0 Å². The Labute approximate surface area is 111 Å². The van der Waals surface area contributed by atoms with Gasteiger partial charge in [-0.25, -0.2) is 0 Å². The number of hydrogen-bond donors (Lipinski definition) is 0. The summed E-state index contributed by atoms with van der Waals surface area (Å²) < 4.78 is 0. The zero-order valence-corrected chi connectivity index (χ0v) is 11.1. The summed E-state index contributed by atoms with van der Waals surface area (Å²) in [5.41, 5.74) is 0.121. The number of nitrogens with zero attached hydrogens (tertiary/aromatic N) is 1. The van der Waals surface area contributed by atoms with Gasteiger partial charge in [0.05, 0.1) is 0 Å². The van der Waals surface area contributed by atoms with Gasteiger partial charge < -0.3 is 4.90 Å². The average molecular weight is 249 g/mol. The predicted molar refractivity (Wildman–Crippen MR) is 81.4 cm³/mol. The molecule has 94 valence electrons. The Bertz CT molecular complexity index is 857. The van der Waals surface area contributed by atoms with E-state index in [2.05, 4.69) is 0 Å².